The predicted molar refractivity (Wildman–Crippen MR) is 84.3 cm³/mol. The SMILES string of the molecule is COCCN1CCC(NCc2ccc3nc[nH]c3c2)CC1. The predicted octanol–water partition coefficient (Wildman–Crippen LogP) is 1.76. The monoisotopic (exact) mass is 288 g/mol. The van der Waals surface area contributed by atoms with E-state index in [1.165, 1.54) is 31.5 Å². The summed E-state index contributed by atoms with van der Waals surface area (Å²) in [6.07, 6.45) is 4.18. The second-order valence-electron chi connectivity index (χ2n) is 5.74. The molecule has 0 bridgehead atoms. The van der Waals surface area contributed by atoms with Gasteiger partial charge < -0.3 is 19.9 Å². The van der Waals surface area contributed by atoms with Gasteiger partial charge in [0.25, 0.3) is 0 Å². The smallest absolute Gasteiger partial charge is 0.0931 e. The van der Waals surface area contributed by atoms with Crippen molar-refractivity contribution in [3.63, 3.8) is 0 Å². The maximum absolute atomic E-state index is 5.14. The zero-order valence-electron chi connectivity index (χ0n) is 12.6. The van der Waals surface area contributed by atoms with Crippen LogP contribution in [0.4, 0.5) is 0 Å². The Hall–Kier alpha value is -1.43. The lowest BCUT2D eigenvalue weighted by Crippen LogP contribution is -2.43. The van der Waals surface area contributed by atoms with Crippen LogP contribution in [0.25, 0.3) is 11.0 Å². The fourth-order valence-corrected chi connectivity index (χ4v) is 2.94. The van der Waals surface area contributed by atoms with Gasteiger partial charge in [-0.05, 0) is 43.6 Å². The summed E-state index contributed by atoms with van der Waals surface area (Å²) in [4.78, 5) is 9.90. The zero-order valence-corrected chi connectivity index (χ0v) is 12.6. The quantitative estimate of drug-likeness (QED) is 0.850. The van der Waals surface area contributed by atoms with Gasteiger partial charge >= 0.3 is 0 Å². The Morgan fingerprint density at radius 1 is 1.38 bits per heavy atom. The molecule has 0 amide bonds. The number of hydrogen-bond donors (Lipinski definition) is 2. The first-order chi connectivity index (χ1) is 10.3. The Morgan fingerprint density at radius 3 is 3.05 bits per heavy atom. The molecular weight excluding hydrogens is 264 g/mol. The van der Waals surface area contributed by atoms with Crippen LogP contribution in [0.5, 0.6) is 0 Å². The van der Waals surface area contributed by atoms with Gasteiger partial charge in [-0.15, -0.1) is 0 Å². The van der Waals surface area contributed by atoms with Crippen molar-refractivity contribution in [3.05, 3.63) is 30.1 Å². The van der Waals surface area contributed by atoms with Crippen LogP contribution < -0.4 is 5.32 Å². The lowest BCUT2D eigenvalue weighted by molar-refractivity contribution is 0.126. The minimum atomic E-state index is 0.626. The van der Waals surface area contributed by atoms with E-state index in [9.17, 15) is 0 Å². The first-order valence-electron chi connectivity index (χ1n) is 7.72. The van der Waals surface area contributed by atoms with Crippen molar-refractivity contribution in [2.75, 3.05) is 33.4 Å². The Balaban J connectivity index is 1.45. The molecule has 2 heterocycles. The Bertz CT molecular complexity index is 560. The number of H-pyrrole nitrogens is 1. The van der Waals surface area contributed by atoms with Gasteiger partial charge in [0.05, 0.1) is 24.0 Å². The van der Waals surface area contributed by atoms with E-state index in [4.69, 9.17) is 4.74 Å². The largest absolute Gasteiger partial charge is 0.383 e. The molecule has 0 atom stereocenters. The van der Waals surface area contributed by atoms with Crippen molar-refractivity contribution in [1.82, 2.24) is 20.2 Å². The minimum absolute atomic E-state index is 0.626. The average Bonchev–Trinajstić information content (AvgIpc) is 2.99. The molecule has 5 nitrogen and oxygen atoms in total. The van der Waals surface area contributed by atoms with E-state index in [2.05, 4.69) is 38.4 Å². The van der Waals surface area contributed by atoms with Crippen LogP contribution >= 0.6 is 0 Å². The Morgan fingerprint density at radius 2 is 2.24 bits per heavy atom. The van der Waals surface area contributed by atoms with Crippen molar-refractivity contribution < 1.29 is 4.74 Å². The first kappa shape index (κ1) is 14.5. The summed E-state index contributed by atoms with van der Waals surface area (Å²) in [6, 6.07) is 7.05. The fourth-order valence-electron chi connectivity index (χ4n) is 2.94. The highest BCUT2D eigenvalue weighted by atomic mass is 16.5. The summed E-state index contributed by atoms with van der Waals surface area (Å²) < 4.78 is 5.14. The molecule has 114 valence electrons. The lowest BCUT2D eigenvalue weighted by atomic mass is 10.0. The molecule has 21 heavy (non-hydrogen) atoms. The lowest BCUT2D eigenvalue weighted by Gasteiger charge is -2.32. The van der Waals surface area contributed by atoms with Crippen molar-refractivity contribution in [2.45, 2.75) is 25.4 Å². The van der Waals surface area contributed by atoms with E-state index in [0.717, 1.165) is 30.7 Å². The maximum atomic E-state index is 5.14. The summed E-state index contributed by atoms with van der Waals surface area (Å²) >= 11 is 0. The van der Waals surface area contributed by atoms with Gasteiger partial charge in [0.2, 0.25) is 0 Å². The molecule has 5 heteroatoms. The molecule has 0 saturated carbocycles. The number of methoxy groups -OCH3 is 1. The van der Waals surface area contributed by atoms with E-state index in [0.29, 0.717) is 6.04 Å². The van der Waals surface area contributed by atoms with Gasteiger partial charge in [0.1, 0.15) is 0 Å². The van der Waals surface area contributed by atoms with Crippen LogP contribution in [0.1, 0.15) is 18.4 Å². The molecule has 1 aliphatic heterocycles. The van der Waals surface area contributed by atoms with Crippen molar-refractivity contribution in [2.24, 2.45) is 0 Å². The summed E-state index contributed by atoms with van der Waals surface area (Å²) in [5.74, 6) is 0. The maximum Gasteiger partial charge on any atom is 0.0931 e. The molecule has 1 aromatic heterocycles. The molecule has 2 aromatic rings. The number of ether oxygens (including phenoxy) is 1. The minimum Gasteiger partial charge on any atom is -0.383 e. The third-order valence-electron chi connectivity index (χ3n) is 4.28. The highest BCUT2D eigenvalue weighted by molar-refractivity contribution is 5.74. The highest BCUT2D eigenvalue weighted by Crippen LogP contribution is 2.14. The average molecular weight is 288 g/mol. The third kappa shape index (κ3) is 3.81. The third-order valence-corrected chi connectivity index (χ3v) is 4.28. The number of imidazole rings is 1. The van der Waals surface area contributed by atoms with Gasteiger partial charge in [0, 0.05) is 26.2 Å². The molecule has 1 fully saturated rings. The molecule has 1 aromatic carbocycles. The number of piperidine rings is 1. The number of aromatic amines is 1. The Labute approximate surface area is 125 Å². The van der Waals surface area contributed by atoms with Crippen LogP contribution in [0.15, 0.2) is 24.5 Å². The molecule has 2 N–H and O–H groups in total. The fraction of sp³-hybridized carbons (Fsp3) is 0.562. The molecule has 0 unspecified atom stereocenters. The van der Waals surface area contributed by atoms with Crippen molar-refractivity contribution in [1.29, 1.82) is 0 Å². The number of hydrogen-bond acceptors (Lipinski definition) is 4. The normalized spacial score (nSPS) is 17.6. The van der Waals surface area contributed by atoms with Crippen molar-refractivity contribution in [3.8, 4) is 0 Å². The van der Waals surface area contributed by atoms with E-state index >= 15 is 0 Å². The van der Waals surface area contributed by atoms with Gasteiger partial charge in [-0.1, -0.05) is 6.07 Å². The standard InChI is InChI=1S/C16H24N4O/c1-21-9-8-20-6-4-14(5-7-20)17-11-13-2-3-15-16(10-13)19-12-18-15/h2-3,10,12,14,17H,4-9,11H2,1H3,(H,18,19). The van der Waals surface area contributed by atoms with Crippen LogP contribution in [0.3, 0.4) is 0 Å². The highest BCUT2D eigenvalue weighted by Gasteiger charge is 2.18. The number of aromatic nitrogens is 2. The number of nitrogens with zero attached hydrogens (tertiary/aromatic N) is 2. The number of likely N-dealkylation sites (tertiary alicyclic amines) is 1. The number of fused-ring (bicyclic) bond motifs is 1. The van der Waals surface area contributed by atoms with Gasteiger partial charge in [0.15, 0.2) is 0 Å². The number of benzene rings is 1. The van der Waals surface area contributed by atoms with E-state index < -0.39 is 0 Å². The topological polar surface area (TPSA) is 53.2 Å². The summed E-state index contributed by atoms with van der Waals surface area (Å²) in [6.45, 7) is 5.15. The van der Waals surface area contributed by atoms with Gasteiger partial charge in [-0.3, -0.25) is 0 Å². The second kappa shape index (κ2) is 7.02. The summed E-state index contributed by atoms with van der Waals surface area (Å²) in [5, 5.41) is 3.68. The van der Waals surface area contributed by atoms with E-state index in [1.54, 1.807) is 13.4 Å². The van der Waals surface area contributed by atoms with E-state index in [1.807, 2.05) is 0 Å². The Kier molecular flexibility index (Phi) is 4.85. The molecule has 0 radical (unpaired) electrons. The first-order valence-corrected chi connectivity index (χ1v) is 7.72. The number of nitrogens with one attached hydrogen (secondary N) is 2. The second-order valence-corrected chi connectivity index (χ2v) is 5.74. The van der Waals surface area contributed by atoms with Gasteiger partial charge in [-0.2, -0.15) is 0 Å². The van der Waals surface area contributed by atoms with Crippen LogP contribution in [0.2, 0.25) is 0 Å². The van der Waals surface area contributed by atoms with Gasteiger partial charge in [-0.25, -0.2) is 4.98 Å². The van der Waals surface area contributed by atoms with Crippen molar-refractivity contribution >= 4 is 11.0 Å². The zero-order chi connectivity index (χ0) is 14.5. The van der Waals surface area contributed by atoms with Crippen LogP contribution in [-0.4, -0.2) is 54.3 Å². The van der Waals surface area contributed by atoms with Crippen LogP contribution in [-0.2, 0) is 11.3 Å². The summed E-state index contributed by atoms with van der Waals surface area (Å²) in [5.41, 5.74) is 3.46. The number of rotatable bonds is 6. The van der Waals surface area contributed by atoms with E-state index in [-0.39, 0.29) is 0 Å². The molecular formula is C16H24N4O. The summed E-state index contributed by atoms with van der Waals surface area (Å²) in [7, 11) is 1.77. The molecule has 1 saturated heterocycles. The van der Waals surface area contributed by atoms with Crippen LogP contribution in [0, 0.1) is 0 Å². The molecule has 3 rings (SSSR count). The molecule has 0 aliphatic carbocycles. The molecule has 0 spiro atoms. The molecule has 1 aliphatic rings.